The maximum Gasteiger partial charge on any atom is 0.261 e. The van der Waals surface area contributed by atoms with Crippen LogP contribution >= 0.6 is 11.3 Å². The third-order valence-corrected chi connectivity index (χ3v) is 3.76. The Balaban J connectivity index is 2.12. The summed E-state index contributed by atoms with van der Waals surface area (Å²) in [5, 5.41) is 7.30. The van der Waals surface area contributed by atoms with Crippen LogP contribution in [0.2, 0.25) is 0 Å². The van der Waals surface area contributed by atoms with E-state index in [0.717, 1.165) is 25.9 Å². The van der Waals surface area contributed by atoms with E-state index in [1.165, 1.54) is 11.3 Å². The van der Waals surface area contributed by atoms with Gasteiger partial charge in [0.2, 0.25) is 5.91 Å². The van der Waals surface area contributed by atoms with E-state index in [9.17, 15) is 9.59 Å². The maximum absolute atomic E-state index is 11.8. The SMILES string of the molecule is CCCCOCCCNC(=O)C(C)NC(=O)c1cccs1. The molecule has 0 spiro atoms. The lowest BCUT2D eigenvalue weighted by Crippen LogP contribution is -2.45. The second kappa shape index (κ2) is 10.3. The Morgan fingerprint density at radius 3 is 2.76 bits per heavy atom. The minimum absolute atomic E-state index is 0.173. The molecule has 21 heavy (non-hydrogen) atoms. The molecule has 0 aliphatic rings. The van der Waals surface area contributed by atoms with Crippen LogP contribution < -0.4 is 10.6 Å². The van der Waals surface area contributed by atoms with Gasteiger partial charge < -0.3 is 15.4 Å². The smallest absolute Gasteiger partial charge is 0.261 e. The summed E-state index contributed by atoms with van der Waals surface area (Å²) in [5.74, 6) is -0.385. The van der Waals surface area contributed by atoms with Crippen LogP contribution in [0.4, 0.5) is 0 Å². The number of hydrogen-bond acceptors (Lipinski definition) is 4. The summed E-state index contributed by atoms with van der Waals surface area (Å²) in [5.41, 5.74) is 0. The van der Waals surface area contributed by atoms with Gasteiger partial charge in [0.05, 0.1) is 4.88 Å². The summed E-state index contributed by atoms with van der Waals surface area (Å²) in [6.45, 7) is 5.78. The largest absolute Gasteiger partial charge is 0.381 e. The second-order valence-electron chi connectivity index (χ2n) is 4.78. The molecule has 0 radical (unpaired) electrons. The number of carbonyl (C=O) groups excluding carboxylic acids is 2. The molecule has 2 N–H and O–H groups in total. The van der Waals surface area contributed by atoms with Gasteiger partial charge in [-0.05, 0) is 31.2 Å². The first-order valence-corrected chi connectivity index (χ1v) is 8.23. The number of ether oxygens (including phenoxy) is 1. The number of nitrogens with one attached hydrogen (secondary N) is 2. The van der Waals surface area contributed by atoms with Crippen molar-refractivity contribution < 1.29 is 14.3 Å². The lowest BCUT2D eigenvalue weighted by Gasteiger charge is -2.13. The molecule has 118 valence electrons. The number of thiophene rings is 1. The van der Waals surface area contributed by atoms with E-state index in [1.54, 1.807) is 13.0 Å². The molecular weight excluding hydrogens is 288 g/mol. The number of unbranched alkanes of at least 4 members (excludes halogenated alkanes) is 1. The van der Waals surface area contributed by atoms with Gasteiger partial charge in [0.1, 0.15) is 6.04 Å². The van der Waals surface area contributed by atoms with Crippen LogP contribution in [0.1, 0.15) is 42.8 Å². The van der Waals surface area contributed by atoms with E-state index in [-0.39, 0.29) is 11.8 Å². The third-order valence-electron chi connectivity index (χ3n) is 2.89. The Morgan fingerprint density at radius 1 is 1.33 bits per heavy atom. The van der Waals surface area contributed by atoms with Gasteiger partial charge in [-0.15, -0.1) is 11.3 Å². The average Bonchev–Trinajstić information content (AvgIpc) is 3.00. The van der Waals surface area contributed by atoms with Crippen LogP contribution in [0.25, 0.3) is 0 Å². The minimum Gasteiger partial charge on any atom is -0.381 e. The zero-order valence-electron chi connectivity index (χ0n) is 12.7. The number of rotatable bonds is 10. The molecule has 0 saturated carbocycles. The molecule has 1 aromatic rings. The van der Waals surface area contributed by atoms with Crippen LogP contribution in [0.5, 0.6) is 0 Å². The fourth-order valence-corrected chi connectivity index (χ4v) is 2.26. The van der Waals surface area contributed by atoms with Crippen molar-refractivity contribution in [3.8, 4) is 0 Å². The monoisotopic (exact) mass is 312 g/mol. The van der Waals surface area contributed by atoms with E-state index in [0.29, 0.717) is 18.0 Å². The van der Waals surface area contributed by atoms with Crippen LogP contribution in [-0.2, 0) is 9.53 Å². The average molecular weight is 312 g/mol. The van der Waals surface area contributed by atoms with Gasteiger partial charge in [-0.3, -0.25) is 9.59 Å². The Morgan fingerprint density at radius 2 is 2.10 bits per heavy atom. The molecular formula is C15H24N2O3S. The molecule has 1 unspecified atom stereocenters. The summed E-state index contributed by atoms with van der Waals surface area (Å²) >= 11 is 1.36. The molecule has 0 aliphatic carbocycles. The standard InChI is InChI=1S/C15H24N2O3S/c1-3-4-9-20-10-6-8-16-14(18)12(2)17-15(19)13-7-5-11-21-13/h5,7,11-12H,3-4,6,8-10H2,1-2H3,(H,16,18)(H,17,19). The summed E-state index contributed by atoms with van der Waals surface area (Å²) < 4.78 is 5.41. The highest BCUT2D eigenvalue weighted by molar-refractivity contribution is 7.12. The van der Waals surface area contributed by atoms with Gasteiger partial charge >= 0.3 is 0 Å². The summed E-state index contributed by atoms with van der Waals surface area (Å²) in [7, 11) is 0. The van der Waals surface area contributed by atoms with E-state index in [2.05, 4.69) is 17.6 Å². The van der Waals surface area contributed by atoms with Crippen molar-refractivity contribution in [3.63, 3.8) is 0 Å². The molecule has 1 heterocycles. The molecule has 0 aliphatic heterocycles. The number of hydrogen-bond donors (Lipinski definition) is 2. The van der Waals surface area contributed by atoms with Crippen LogP contribution in [0, 0.1) is 0 Å². The Bertz CT molecular complexity index is 421. The molecule has 0 aromatic carbocycles. The van der Waals surface area contributed by atoms with Gasteiger partial charge in [0.25, 0.3) is 5.91 Å². The first-order chi connectivity index (χ1) is 10.1. The fourth-order valence-electron chi connectivity index (χ4n) is 1.63. The first-order valence-electron chi connectivity index (χ1n) is 7.35. The van der Waals surface area contributed by atoms with Gasteiger partial charge in [0, 0.05) is 19.8 Å². The van der Waals surface area contributed by atoms with Crippen molar-refractivity contribution in [2.24, 2.45) is 0 Å². The highest BCUT2D eigenvalue weighted by Crippen LogP contribution is 2.08. The molecule has 0 saturated heterocycles. The lowest BCUT2D eigenvalue weighted by atomic mass is 10.3. The van der Waals surface area contributed by atoms with Crippen LogP contribution in [0.15, 0.2) is 17.5 Å². The first kappa shape index (κ1) is 17.7. The molecule has 0 bridgehead atoms. The Labute approximate surface area is 130 Å². The number of carbonyl (C=O) groups is 2. The molecule has 2 amide bonds. The van der Waals surface area contributed by atoms with E-state index >= 15 is 0 Å². The Kier molecular flexibility index (Phi) is 8.69. The zero-order chi connectivity index (χ0) is 15.5. The minimum atomic E-state index is -0.541. The van der Waals surface area contributed by atoms with Gasteiger partial charge in [-0.25, -0.2) is 0 Å². The summed E-state index contributed by atoms with van der Waals surface area (Å²) in [6, 6.07) is 3.00. The van der Waals surface area contributed by atoms with Gasteiger partial charge in [-0.1, -0.05) is 19.4 Å². The molecule has 6 heteroatoms. The van der Waals surface area contributed by atoms with Crippen molar-refractivity contribution in [3.05, 3.63) is 22.4 Å². The predicted molar refractivity (Wildman–Crippen MR) is 84.6 cm³/mol. The molecule has 1 aromatic heterocycles. The third kappa shape index (κ3) is 7.24. The van der Waals surface area contributed by atoms with Crippen LogP contribution in [-0.4, -0.2) is 37.6 Å². The second-order valence-corrected chi connectivity index (χ2v) is 5.73. The fraction of sp³-hybridized carbons (Fsp3) is 0.600. The van der Waals surface area contributed by atoms with Crippen molar-refractivity contribution in [1.29, 1.82) is 0 Å². The van der Waals surface area contributed by atoms with Gasteiger partial charge in [-0.2, -0.15) is 0 Å². The molecule has 1 atom stereocenters. The van der Waals surface area contributed by atoms with E-state index < -0.39 is 6.04 Å². The van der Waals surface area contributed by atoms with Crippen LogP contribution in [0.3, 0.4) is 0 Å². The lowest BCUT2D eigenvalue weighted by molar-refractivity contribution is -0.122. The molecule has 1 rings (SSSR count). The van der Waals surface area contributed by atoms with Crippen molar-refractivity contribution in [1.82, 2.24) is 10.6 Å². The predicted octanol–water partition coefficient (Wildman–Crippen LogP) is 2.19. The Hall–Kier alpha value is -1.40. The number of amides is 2. The quantitative estimate of drug-likeness (QED) is 0.651. The highest BCUT2D eigenvalue weighted by Gasteiger charge is 2.16. The summed E-state index contributed by atoms with van der Waals surface area (Å²) in [6.07, 6.45) is 2.97. The normalized spacial score (nSPS) is 11.9. The highest BCUT2D eigenvalue weighted by atomic mass is 32.1. The van der Waals surface area contributed by atoms with Crippen molar-refractivity contribution in [2.75, 3.05) is 19.8 Å². The molecule has 0 fully saturated rings. The topological polar surface area (TPSA) is 67.4 Å². The molecule has 5 nitrogen and oxygen atoms in total. The van der Waals surface area contributed by atoms with Crippen molar-refractivity contribution in [2.45, 2.75) is 39.2 Å². The van der Waals surface area contributed by atoms with Gasteiger partial charge in [0.15, 0.2) is 0 Å². The zero-order valence-corrected chi connectivity index (χ0v) is 13.5. The van der Waals surface area contributed by atoms with E-state index in [1.807, 2.05) is 11.4 Å². The van der Waals surface area contributed by atoms with E-state index in [4.69, 9.17) is 4.74 Å². The van der Waals surface area contributed by atoms with Crippen molar-refractivity contribution >= 4 is 23.2 Å². The summed E-state index contributed by atoms with van der Waals surface area (Å²) in [4.78, 5) is 24.2. The maximum atomic E-state index is 11.8.